The van der Waals surface area contributed by atoms with Gasteiger partial charge in [0.25, 0.3) is 0 Å². The molecule has 14 heavy (non-hydrogen) atoms. The predicted octanol–water partition coefficient (Wildman–Crippen LogP) is 2.44. The first kappa shape index (κ1) is 10.6. The summed E-state index contributed by atoms with van der Waals surface area (Å²) in [4.78, 5) is 11.1. The summed E-state index contributed by atoms with van der Waals surface area (Å²) in [5, 5.41) is 8.99. The van der Waals surface area contributed by atoms with Crippen LogP contribution in [0.3, 0.4) is 0 Å². The fourth-order valence-corrected chi connectivity index (χ4v) is 0.826. The summed E-state index contributed by atoms with van der Waals surface area (Å²) in [5.41, 5.74) is 0. The van der Waals surface area contributed by atoms with Gasteiger partial charge in [0.05, 0.1) is 0 Å². The second-order valence-electron chi connectivity index (χ2n) is 2.52. The quantitative estimate of drug-likeness (QED) is 0.465. The first-order valence-corrected chi connectivity index (χ1v) is 4.34. The maximum Gasteiger partial charge on any atom is 0.354 e. The van der Waals surface area contributed by atoms with Crippen LogP contribution in [-0.4, -0.2) is 11.1 Å². The van der Waals surface area contributed by atoms with Gasteiger partial charge in [-0.25, -0.2) is 4.79 Å². The number of hydrogen-bond acceptors (Lipinski definition) is 3. The largest absolute Gasteiger partial charge is 0.508 e. The second kappa shape index (κ2) is 4.67. The lowest BCUT2D eigenvalue weighted by Crippen LogP contribution is -2.07. The molecule has 0 spiro atoms. The highest BCUT2D eigenvalue weighted by atomic mass is 35.5. The summed E-state index contributed by atoms with van der Waals surface area (Å²) in [6, 6.07) is 5.80. The highest BCUT2D eigenvalue weighted by Gasteiger charge is 2.07. The molecule has 0 saturated heterocycles. The van der Waals surface area contributed by atoms with Gasteiger partial charge in [-0.15, -0.1) is 0 Å². The van der Waals surface area contributed by atoms with Gasteiger partial charge in [0.2, 0.25) is 0 Å². The normalized spacial score (nSPS) is 11.1. The number of benzene rings is 1. The summed E-state index contributed by atoms with van der Waals surface area (Å²) in [6.07, 6.45) is 1.45. The first-order chi connectivity index (χ1) is 6.63. The van der Waals surface area contributed by atoms with Gasteiger partial charge >= 0.3 is 5.97 Å². The molecule has 0 fully saturated rings. The molecule has 1 aromatic carbocycles. The van der Waals surface area contributed by atoms with E-state index in [2.05, 4.69) is 0 Å². The van der Waals surface area contributed by atoms with E-state index in [1.54, 1.807) is 6.92 Å². The van der Waals surface area contributed by atoms with Crippen molar-refractivity contribution < 1.29 is 14.6 Å². The van der Waals surface area contributed by atoms with E-state index in [1.807, 2.05) is 0 Å². The minimum atomic E-state index is -0.611. The van der Waals surface area contributed by atoms with Gasteiger partial charge in [0.15, 0.2) is 0 Å². The zero-order chi connectivity index (χ0) is 10.6. The molecule has 0 saturated carbocycles. The average molecular weight is 213 g/mol. The van der Waals surface area contributed by atoms with Crippen molar-refractivity contribution in [1.82, 2.24) is 0 Å². The maximum absolute atomic E-state index is 11.1. The number of ether oxygens (including phenoxy) is 1. The minimum Gasteiger partial charge on any atom is -0.508 e. The molecule has 0 heterocycles. The molecule has 0 radical (unpaired) electrons. The van der Waals surface area contributed by atoms with Crippen LogP contribution in [0.4, 0.5) is 0 Å². The van der Waals surface area contributed by atoms with E-state index in [0.717, 1.165) is 0 Å². The molecule has 0 aromatic heterocycles. The Hall–Kier alpha value is -1.48. The van der Waals surface area contributed by atoms with Crippen molar-refractivity contribution in [3.05, 3.63) is 35.4 Å². The Morgan fingerprint density at radius 2 is 2.00 bits per heavy atom. The Balaban J connectivity index is 2.70. The SMILES string of the molecule is CC=C(Cl)C(=O)Oc1ccc(O)cc1. The number of esters is 1. The summed E-state index contributed by atoms with van der Waals surface area (Å²) >= 11 is 5.53. The summed E-state index contributed by atoms with van der Waals surface area (Å²) in [7, 11) is 0. The molecular weight excluding hydrogens is 204 g/mol. The predicted molar refractivity (Wildman–Crippen MR) is 53.4 cm³/mol. The molecule has 0 aliphatic heterocycles. The van der Waals surface area contributed by atoms with E-state index in [4.69, 9.17) is 21.4 Å². The van der Waals surface area contributed by atoms with Crippen LogP contribution in [0.15, 0.2) is 35.4 Å². The van der Waals surface area contributed by atoms with Gasteiger partial charge in [-0.2, -0.15) is 0 Å². The van der Waals surface area contributed by atoms with Crippen LogP contribution in [0.5, 0.6) is 11.5 Å². The lowest BCUT2D eigenvalue weighted by atomic mass is 10.3. The minimum absolute atomic E-state index is 0.0260. The van der Waals surface area contributed by atoms with Gasteiger partial charge < -0.3 is 9.84 Å². The summed E-state index contributed by atoms with van der Waals surface area (Å²) in [5.74, 6) is -0.158. The number of carbonyl (C=O) groups is 1. The third-order valence-electron chi connectivity index (χ3n) is 1.50. The topological polar surface area (TPSA) is 46.5 Å². The molecule has 0 atom stereocenters. The number of hydrogen-bond donors (Lipinski definition) is 1. The Morgan fingerprint density at radius 3 is 2.50 bits per heavy atom. The van der Waals surface area contributed by atoms with Crippen molar-refractivity contribution in [2.45, 2.75) is 6.92 Å². The highest BCUT2D eigenvalue weighted by molar-refractivity contribution is 6.41. The molecule has 1 N–H and O–H groups in total. The summed E-state index contributed by atoms with van der Waals surface area (Å²) in [6.45, 7) is 1.64. The van der Waals surface area contributed by atoms with Gasteiger partial charge in [-0.05, 0) is 31.2 Å². The zero-order valence-electron chi connectivity index (χ0n) is 7.53. The van der Waals surface area contributed by atoms with Crippen LogP contribution in [0.25, 0.3) is 0 Å². The van der Waals surface area contributed by atoms with Crippen molar-refractivity contribution in [3.63, 3.8) is 0 Å². The molecule has 0 bridgehead atoms. The average Bonchev–Trinajstić information content (AvgIpc) is 2.20. The van der Waals surface area contributed by atoms with E-state index in [-0.39, 0.29) is 10.8 Å². The maximum atomic E-state index is 11.1. The standard InChI is InChI=1S/C10H9ClO3/c1-2-9(11)10(13)14-8-5-3-7(12)4-6-8/h2-6,12H,1H3. The van der Waals surface area contributed by atoms with E-state index >= 15 is 0 Å². The number of carbonyl (C=O) groups excluding carboxylic acids is 1. The number of halogens is 1. The van der Waals surface area contributed by atoms with E-state index < -0.39 is 5.97 Å². The van der Waals surface area contributed by atoms with Crippen molar-refractivity contribution in [3.8, 4) is 11.5 Å². The van der Waals surface area contributed by atoms with Crippen LogP contribution in [0, 0.1) is 0 Å². The first-order valence-electron chi connectivity index (χ1n) is 3.96. The van der Waals surface area contributed by atoms with Crippen molar-refractivity contribution in [1.29, 1.82) is 0 Å². The summed E-state index contributed by atoms with van der Waals surface area (Å²) < 4.78 is 4.87. The molecular formula is C10H9ClO3. The molecule has 0 unspecified atom stereocenters. The van der Waals surface area contributed by atoms with Gasteiger partial charge in [-0.3, -0.25) is 0 Å². The lowest BCUT2D eigenvalue weighted by molar-refractivity contribution is -0.129. The Labute approximate surface area is 86.6 Å². The van der Waals surface area contributed by atoms with Crippen molar-refractivity contribution in [2.75, 3.05) is 0 Å². The lowest BCUT2D eigenvalue weighted by Gasteiger charge is -2.02. The molecule has 1 rings (SSSR count). The third kappa shape index (κ3) is 2.78. The highest BCUT2D eigenvalue weighted by Crippen LogP contribution is 2.17. The Bertz CT molecular complexity index is 354. The zero-order valence-corrected chi connectivity index (χ0v) is 8.28. The second-order valence-corrected chi connectivity index (χ2v) is 2.93. The van der Waals surface area contributed by atoms with Crippen molar-refractivity contribution in [2.24, 2.45) is 0 Å². The molecule has 74 valence electrons. The molecule has 0 aliphatic carbocycles. The molecule has 4 heteroatoms. The number of phenolic OH excluding ortho intramolecular Hbond substituents is 1. The number of allylic oxidation sites excluding steroid dienone is 1. The van der Waals surface area contributed by atoms with Crippen LogP contribution in [-0.2, 0) is 4.79 Å². The fourth-order valence-electron chi connectivity index (χ4n) is 0.788. The van der Waals surface area contributed by atoms with Crippen LogP contribution in [0.1, 0.15) is 6.92 Å². The van der Waals surface area contributed by atoms with E-state index in [9.17, 15) is 4.79 Å². The van der Waals surface area contributed by atoms with Crippen LogP contribution in [0.2, 0.25) is 0 Å². The van der Waals surface area contributed by atoms with E-state index in [0.29, 0.717) is 5.75 Å². The fraction of sp³-hybridized carbons (Fsp3) is 0.100. The van der Waals surface area contributed by atoms with Gasteiger partial charge in [-0.1, -0.05) is 17.7 Å². The van der Waals surface area contributed by atoms with Crippen LogP contribution >= 0.6 is 11.6 Å². The number of rotatable bonds is 2. The Kier molecular flexibility index (Phi) is 3.54. The monoisotopic (exact) mass is 212 g/mol. The van der Waals surface area contributed by atoms with Gasteiger partial charge in [0.1, 0.15) is 16.5 Å². The van der Waals surface area contributed by atoms with Crippen LogP contribution < -0.4 is 4.74 Å². The smallest absolute Gasteiger partial charge is 0.354 e. The molecule has 1 aromatic rings. The molecule has 0 amide bonds. The molecule has 0 aliphatic rings. The van der Waals surface area contributed by atoms with Crippen molar-refractivity contribution >= 4 is 17.6 Å². The third-order valence-corrected chi connectivity index (χ3v) is 1.87. The number of aromatic hydroxyl groups is 1. The Morgan fingerprint density at radius 1 is 1.43 bits per heavy atom. The number of phenols is 1. The van der Waals surface area contributed by atoms with Gasteiger partial charge in [0, 0.05) is 0 Å². The molecule has 3 nitrogen and oxygen atoms in total. The van der Waals surface area contributed by atoms with E-state index in [1.165, 1.54) is 30.3 Å².